The van der Waals surface area contributed by atoms with Gasteiger partial charge in [-0.15, -0.1) is 0 Å². The van der Waals surface area contributed by atoms with Crippen molar-refractivity contribution >= 4 is 0 Å². The van der Waals surface area contributed by atoms with E-state index >= 15 is 0 Å². The number of allylic oxidation sites excluding steroid dienone is 2. The predicted molar refractivity (Wildman–Crippen MR) is 30.3 cm³/mol. The molecule has 2 nitrogen and oxygen atoms in total. The molecule has 0 amide bonds. The normalized spacial score (nSPS) is 16.1. The van der Waals surface area contributed by atoms with Gasteiger partial charge in [-0.1, -0.05) is 12.2 Å². The molecular formula is C6H6N2. The molecule has 0 N–H and O–H groups in total. The first-order chi connectivity index (χ1) is 3.93. The van der Waals surface area contributed by atoms with E-state index in [1.807, 2.05) is 18.3 Å². The largest absolute Gasteiger partial charge is 0.263 e. The lowest BCUT2D eigenvalue weighted by molar-refractivity contribution is 0.698. The molecule has 0 atom stereocenters. The lowest BCUT2D eigenvalue weighted by atomic mass is 10.3. The van der Waals surface area contributed by atoms with Crippen molar-refractivity contribution in [2.45, 2.75) is 6.42 Å². The van der Waals surface area contributed by atoms with Gasteiger partial charge in [-0.3, -0.25) is 4.90 Å². The van der Waals surface area contributed by atoms with Gasteiger partial charge in [0.1, 0.15) is 0 Å². The molecule has 8 heavy (non-hydrogen) atoms. The van der Waals surface area contributed by atoms with Gasteiger partial charge in [-0.25, -0.2) is 0 Å². The van der Waals surface area contributed by atoms with Crippen LogP contribution in [0.15, 0.2) is 24.6 Å². The Labute approximate surface area is 48.3 Å². The van der Waals surface area contributed by atoms with Gasteiger partial charge < -0.3 is 0 Å². The van der Waals surface area contributed by atoms with Gasteiger partial charge in [-0.05, 0) is 6.42 Å². The molecule has 1 heterocycles. The lowest BCUT2D eigenvalue weighted by Crippen LogP contribution is -2.00. The summed E-state index contributed by atoms with van der Waals surface area (Å²) in [4.78, 5) is 1.46. The summed E-state index contributed by atoms with van der Waals surface area (Å²) < 4.78 is 0. The van der Waals surface area contributed by atoms with Crippen LogP contribution in [0.3, 0.4) is 0 Å². The number of nitriles is 1. The molecule has 1 aliphatic rings. The van der Waals surface area contributed by atoms with E-state index in [9.17, 15) is 0 Å². The second-order valence-corrected chi connectivity index (χ2v) is 1.51. The summed E-state index contributed by atoms with van der Waals surface area (Å²) in [5.41, 5.74) is 0. The molecule has 0 saturated heterocycles. The fourth-order valence-electron chi connectivity index (χ4n) is 0.544. The van der Waals surface area contributed by atoms with Gasteiger partial charge in [0.15, 0.2) is 6.19 Å². The van der Waals surface area contributed by atoms with E-state index < -0.39 is 0 Å². The van der Waals surface area contributed by atoms with Crippen LogP contribution in [0.25, 0.3) is 0 Å². The summed E-state index contributed by atoms with van der Waals surface area (Å²) in [7, 11) is 0. The maximum atomic E-state index is 8.26. The summed E-state index contributed by atoms with van der Waals surface area (Å²) in [6.07, 6.45) is 10.3. The summed E-state index contributed by atoms with van der Waals surface area (Å²) in [5.74, 6) is 0. The van der Waals surface area contributed by atoms with Gasteiger partial charge in [-0.2, -0.15) is 5.26 Å². The number of hydrogen-bond donors (Lipinski definition) is 0. The molecule has 0 radical (unpaired) electrons. The molecule has 1 rings (SSSR count). The zero-order valence-electron chi connectivity index (χ0n) is 4.41. The Hall–Kier alpha value is -1.23. The van der Waals surface area contributed by atoms with Crippen LogP contribution < -0.4 is 0 Å². The van der Waals surface area contributed by atoms with Crippen molar-refractivity contribution in [2.24, 2.45) is 0 Å². The second-order valence-electron chi connectivity index (χ2n) is 1.51. The Morgan fingerprint density at radius 2 is 2.00 bits per heavy atom. The number of rotatable bonds is 0. The maximum absolute atomic E-state index is 8.26. The topological polar surface area (TPSA) is 27.0 Å². The van der Waals surface area contributed by atoms with E-state index in [1.165, 1.54) is 4.90 Å². The first-order valence-electron chi connectivity index (χ1n) is 2.45. The van der Waals surface area contributed by atoms with Crippen LogP contribution >= 0.6 is 0 Å². The Bertz CT molecular complexity index is 150. The minimum absolute atomic E-state index is 0.943. The van der Waals surface area contributed by atoms with Crippen molar-refractivity contribution in [3.05, 3.63) is 24.6 Å². The molecule has 0 aromatic carbocycles. The van der Waals surface area contributed by atoms with E-state index in [0.717, 1.165) is 6.42 Å². The van der Waals surface area contributed by atoms with E-state index in [-0.39, 0.29) is 0 Å². The molecule has 40 valence electrons. The van der Waals surface area contributed by atoms with Crippen molar-refractivity contribution in [3.63, 3.8) is 0 Å². The summed E-state index contributed by atoms with van der Waals surface area (Å²) in [6.45, 7) is 0. The van der Waals surface area contributed by atoms with Crippen LogP contribution in [0, 0.1) is 11.5 Å². The van der Waals surface area contributed by atoms with E-state index in [0.29, 0.717) is 0 Å². The van der Waals surface area contributed by atoms with Crippen LogP contribution in [0.4, 0.5) is 0 Å². The van der Waals surface area contributed by atoms with Crippen molar-refractivity contribution in [1.82, 2.24) is 4.90 Å². The third kappa shape index (κ3) is 0.881. The second kappa shape index (κ2) is 2.17. The summed E-state index contributed by atoms with van der Waals surface area (Å²) in [5, 5.41) is 8.26. The standard InChI is InChI=1S/C6H6N2/c7-6-8-4-2-1-3-5-8/h2-5H,1H2. The third-order valence-electron chi connectivity index (χ3n) is 0.920. The van der Waals surface area contributed by atoms with Crippen molar-refractivity contribution in [2.75, 3.05) is 0 Å². The van der Waals surface area contributed by atoms with Crippen molar-refractivity contribution in [1.29, 1.82) is 5.26 Å². The van der Waals surface area contributed by atoms with Crippen LogP contribution in [0.2, 0.25) is 0 Å². The number of nitrogens with zero attached hydrogens (tertiary/aromatic N) is 2. The van der Waals surface area contributed by atoms with Crippen LogP contribution in [-0.2, 0) is 0 Å². The summed E-state index contributed by atoms with van der Waals surface area (Å²) >= 11 is 0. The Morgan fingerprint density at radius 3 is 2.38 bits per heavy atom. The van der Waals surface area contributed by atoms with Gasteiger partial charge in [0, 0.05) is 12.4 Å². The average Bonchev–Trinajstić information content (AvgIpc) is 1.90. The average molecular weight is 106 g/mol. The van der Waals surface area contributed by atoms with Crippen LogP contribution in [0.1, 0.15) is 6.42 Å². The molecule has 0 aromatic rings. The zero-order chi connectivity index (χ0) is 5.82. The van der Waals surface area contributed by atoms with Gasteiger partial charge >= 0.3 is 0 Å². The van der Waals surface area contributed by atoms with Crippen molar-refractivity contribution < 1.29 is 0 Å². The highest BCUT2D eigenvalue weighted by Crippen LogP contribution is 1.98. The lowest BCUT2D eigenvalue weighted by Gasteiger charge is -2.04. The Balaban J connectivity index is 2.58. The summed E-state index contributed by atoms with van der Waals surface area (Å²) in [6, 6.07) is 0. The molecule has 0 unspecified atom stereocenters. The van der Waals surface area contributed by atoms with Gasteiger partial charge in [0.05, 0.1) is 0 Å². The first-order valence-corrected chi connectivity index (χ1v) is 2.45. The zero-order valence-corrected chi connectivity index (χ0v) is 4.41. The fourth-order valence-corrected chi connectivity index (χ4v) is 0.544. The first kappa shape index (κ1) is 4.92. The fraction of sp³-hybridized carbons (Fsp3) is 0.167. The molecule has 0 bridgehead atoms. The van der Waals surface area contributed by atoms with Crippen LogP contribution in [-0.4, -0.2) is 4.90 Å². The Kier molecular flexibility index (Phi) is 1.34. The molecule has 0 aliphatic carbocycles. The Morgan fingerprint density at radius 1 is 1.38 bits per heavy atom. The van der Waals surface area contributed by atoms with Crippen LogP contribution in [0.5, 0.6) is 0 Å². The highest BCUT2D eigenvalue weighted by Gasteiger charge is 1.90. The van der Waals surface area contributed by atoms with Gasteiger partial charge in [0.2, 0.25) is 0 Å². The quantitative estimate of drug-likeness (QED) is 0.434. The smallest absolute Gasteiger partial charge is 0.188 e. The molecule has 0 fully saturated rings. The number of hydrogen-bond acceptors (Lipinski definition) is 2. The van der Waals surface area contributed by atoms with E-state index in [2.05, 4.69) is 0 Å². The third-order valence-corrected chi connectivity index (χ3v) is 0.920. The SMILES string of the molecule is N#CN1C=CCC=C1. The van der Waals surface area contributed by atoms with Crippen molar-refractivity contribution in [3.8, 4) is 6.19 Å². The molecule has 0 spiro atoms. The highest BCUT2D eigenvalue weighted by molar-refractivity contribution is 5.06. The molecular weight excluding hydrogens is 100 g/mol. The molecule has 0 saturated carbocycles. The maximum Gasteiger partial charge on any atom is 0.188 e. The monoisotopic (exact) mass is 106 g/mol. The minimum atomic E-state index is 0.943. The van der Waals surface area contributed by atoms with E-state index in [1.54, 1.807) is 12.4 Å². The minimum Gasteiger partial charge on any atom is -0.263 e. The molecule has 1 aliphatic heterocycles. The molecule has 0 aromatic heterocycles. The van der Waals surface area contributed by atoms with Gasteiger partial charge in [0.25, 0.3) is 0 Å². The van der Waals surface area contributed by atoms with E-state index in [4.69, 9.17) is 5.26 Å². The molecule has 2 heteroatoms. The predicted octanol–water partition coefficient (Wildman–Crippen LogP) is 1.20. The highest BCUT2D eigenvalue weighted by atomic mass is 15.1.